The average molecular weight is 295 g/mol. The number of carbonyl (C=O) groups is 1. The van der Waals surface area contributed by atoms with Gasteiger partial charge in [-0.15, -0.1) is 0 Å². The Morgan fingerprint density at radius 2 is 2.15 bits per heavy atom. The summed E-state index contributed by atoms with van der Waals surface area (Å²) in [6.45, 7) is 13.3. The molecule has 1 unspecified atom stereocenters. The van der Waals surface area contributed by atoms with Gasteiger partial charge in [0.1, 0.15) is 0 Å². The summed E-state index contributed by atoms with van der Waals surface area (Å²) < 4.78 is 0. The molecule has 1 amide bonds. The van der Waals surface area contributed by atoms with Gasteiger partial charge in [-0.3, -0.25) is 9.69 Å². The quantitative estimate of drug-likeness (QED) is 0.808. The first-order chi connectivity index (χ1) is 9.35. The van der Waals surface area contributed by atoms with Gasteiger partial charge in [-0.1, -0.05) is 36.7 Å². The molecular weight excluding hydrogens is 272 g/mol. The Morgan fingerprint density at radius 3 is 2.70 bits per heavy atom. The molecule has 1 atom stereocenters. The van der Waals surface area contributed by atoms with E-state index in [1.54, 1.807) is 6.07 Å². The Labute approximate surface area is 126 Å². The molecule has 1 aromatic carbocycles. The molecule has 0 aliphatic heterocycles. The first-order valence-electron chi connectivity index (χ1n) is 6.80. The summed E-state index contributed by atoms with van der Waals surface area (Å²) >= 11 is 5.97. The van der Waals surface area contributed by atoms with E-state index in [-0.39, 0.29) is 11.9 Å². The number of rotatable bonds is 6. The number of hydrogen-bond donors (Lipinski definition) is 1. The fourth-order valence-electron chi connectivity index (χ4n) is 2.00. The second-order valence-corrected chi connectivity index (χ2v) is 5.58. The Morgan fingerprint density at radius 1 is 1.50 bits per heavy atom. The molecule has 1 rings (SSSR count). The fraction of sp³-hybridized carbons (Fsp3) is 0.438. The number of anilines is 1. The van der Waals surface area contributed by atoms with E-state index >= 15 is 0 Å². The monoisotopic (exact) mass is 294 g/mol. The Bertz CT molecular complexity index is 499. The molecule has 0 aromatic heterocycles. The lowest BCUT2D eigenvalue weighted by Gasteiger charge is -2.27. The summed E-state index contributed by atoms with van der Waals surface area (Å²) in [5.74, 6) is -0.0292. The van der Waals surface area contributed by atoms with Crippen LogP contribution in [0, 0.1) is 6.92 Å². The van der Waals surface area contributed by atoms with Crippen molar-refractivity contribution in [2.75, 3.05) is 18.4 Å². The van der Waals surface area contributed by atoms with Gasteiger partial charge in [-0.05, 0) is 45.0 Å². The Kier molecular flexibility index (Phi) is 6.24. The predicted molar refractivity (Wildman–Crippen MR) is 86.3 cm³/mol. The van der Waals surface area contributed by atoms with Gasteiger partial charge in [-0.2, -0.15) is 0 Å². The van der Waals surface area contributed by atoms with Gasteiger partial charge in [0.15, 0.2) is 0 Å². The molecule has 1 N–H and O–H groups in total. The van der Waals surface area contributed by atoms with Gasteiger partial charge in [0.05, 0.1) is 6.04 Å². The minimum absolute atomic E-state index is 0.0292. The molecule has 0 saturated carbocycles. The van der Waals surface area contributed by atoms with Crippen LogP contribution in [0.15, 0.2) is 30.4 Å². The van der Waals surface area contributed by atoms with Crippen LogP contribution in [-0.2, 0) is 4.79 Å². The summed E-state index contributed by atoms with van der Waals surface area (Å²) in [7, 11) is 0. The highest BCUT2D eigenvalue weighted by atomic mass is 35.5. The van der Waals surface area contributed by atoms with E-state index in [0.717, 1.165) is 29.9 Å². The summed E-state index contributed by atoms with van der Waals surface area (Å²) in [6, 6.07) is 5.27. The lowest BCUT2D eigenvalue weighted by Crippen LogP contribution is -2.42. The third kappa shape index (κ3) is 4.66. The van der Waals surface area contributed by atoms with Gasteiger partial charge in [0.2, 0.25) is 5.91 Å². The van der Waals surface area contributed by atoms with Crippen molar-refractivity contribution in [1.29, 1.82) is 0 Å². The van der Waals surface area contributed by atoms with E-state index in [0.29, 0.717) is 5.02 Å². The molecule has 0 bridgehead atoms. The molecule has 0 saturated heterocycles. The van der Waals surface area contributed by atoms with Crippen molar-refractivity contribution in [3.63, 3.8) is 0 Å². The lowest BCUT2D eigenvalue weighted by atomic mass is 10.1. The molecule has 0 heterocycles. The highest BCUT2D eigenvalue weighted by Gasteiger charge is 2.20. The summed E-state index contributed by atoms with van der Waals surface area (Å²) in [5, 5.41) is 3.56. The highest BCUT2D eigenvalue weighted by molar-refractivity contribution is 6.31. The first-order valence-corrected chi connectivity index (χ1v) is 7.18. The smallest absolute Gasteiger partial charge is 0.241 e. The zero-order chi connectivity index (χ0) is 15.3. The van der Waals surface area contributed by atoms with E-state index in [4.69, 9.17) is 11.6 Å². The molecule has 0 spiro atoms. The van der Waals surface area contributed by atoms with E-state index in [2.05, 4.69) is 16.8 Å². The van der Waals surface area contributed by atoms with E-state index in [1.807, 2.05) is 39.8 Å². The van der Waals surface area contributed by atoms with Gasteiger partial charge < -0.3 is 5.32 Å². The standard InChI is InChI=1S/C16H23ClN2O/c1-6-19(10-11(2)3)13(5)16(20)18-15-9-14(17)8-7-12(15)4/h7-9,13H,2,6,10H2,1,3-5H3,(H,18,20). The van der Waals surface area contributed by atoms with Gasteiger partial charge in [0.25, 0.3) is 0 Å². The SMILES string of the molecule is C=C(C)CN(CC)C(C)C(=O)Nc1cc(Cl)ccc1C. The maximum Gasteiger partial charge on any atom is 0.241 e. The van der Waals surface area contributed by atoms with Crippen molar-refractivity contribution in [2.45, 2.75) is 33.7 Å². The normalized spacial score (nSPS) is 12.3. The lowest BCUT2D eigenvalue weighted by molar-refractivity contribution is -0.120. The second kappa shape index (κ2) is 7.46. The minimum Gasteiger partial charge on any atom is -0.324 e. The van der Waals surface area contributed by atoms with Crippen molar-refractivity contribution in [2.24, 2.45) is 0 Å². The number of nitrogens with zero attached hydrogens (tertiary/aromatic N) is 1. The summed E-state index contributed by atoms with van der Waals surface area (Å²) in [5.41, 5.74) is 2.81. The maximum absolute atomic E-state index is 12.3. The summed E-state index contributed by atoms with van der Waals surface area (Å²) in [4.78, 5) is 14.4. The molecule has 0 radical (unpaired) electrons. The average Bonchev–Trinajstić information content (AvgIpc) is 2.39. The second-order valence-electron chi connectivity index (χ2n) is 5.14. The van der Waals surface area contributed by atoms with Crippen LogP contribution >= 0.6 is 11.6 Å². The molecule has 0 aliphatic rings. The molecule has 4 heteroatoms. The largest absolute Gasteiger partial charge is 0.324 e. The zero-order valence-electron chi connectivity index (χ0n) is 12.7. The van der Waals surface area contributed by atoms with Gasteiger partial charge in [-0.25, -0.2) is 0 Å². The van der Waals surface area contributed by atoms with Crippen LogP contribution in [0.3, 0.4) is 0 Å². The van der Waals surface area contributed by atoms with E-state index < -0.39 is 0 Å². The van der Waals surface area contributed by atoms with Gasteiger partial charge in [0, 0.05) is 17.3 Å². The highest BCUT2D eigenvalue weighted by Crippen LogP contribution is 2.20. The number of amides is 1. The minimum atomic E-state index is -0.213. The Balaban J connectivity index is 2.78. The molecule has 1 aromatic rings. The first kappa shape index (κ1) is 16.7. The molecule has 0 aliphatic carbocycles. The van der Waals surface area contributed by atoms with E-state index in [1.165, 1.54) is 0 Å². The van der Waals surface area contributed by atoms with Crippen molar-refractivity contribution in [1.82, 2.24) is 4.90 Å². The maximum atomic E-state index is 12.3. The number of hydrogen-bond acceptors (Lipinski definition) is 2. The molecule has 3 nitrogen and oxygen atoms in total. The summed E-state index contributed by atoms with van der Waals surface area (Å²) in [6.07, 6.45) is 0. The molecule has 0 fully saturated rings. The predicted octanol–water partition coefficient (Wildman–Crippen LogP) is 3.87. The van der Waals surface area contributed by atoms with Crippen LogP contribution in [0.25, 0.3) is 0 Å². The number of halogens is 1. The molecule has 20 heavy (non-hydrogen) atoms. The zero-order valence-corrected chi connectivity index (χ0v) is 13.4. The van der Waals surface area contributed by atoms with Crippen LogP contribution in [0.1, 0.15) is 26.3 Å². The van der Waals surface area contributed by atoms with Crippen LogP contribution in [-0.4, -0.2) is 29.9 Å². The van der Waals surface area contributed by atoms with E-state index in [9.17, 15) is 4.79 Å². The number of benzene rings is 1. The topological polar surface area (TPSA) is 32.3 Å². The number of nitrogens with one attached hydrogen (secondary N) is 1. The molecular formula is C16H23ClN2O. The van der Waals surface area contributed by atoms with Crippen LogP contribution in [0.4, 0.5) is 5.69 Å². The van der Waals surface area contributed by atoms with Crippen molar-refractivity contribution < 1.29 is 4.79 Å². The molecule has 110 valence electrons. The van der Waals surface area contributed by atoms with Crippen molar-refractivity contribution in [3.05, 3.63) is 40.9 Å². The number of aryl methyl sites for hydroxylation is 1. The third-order valence-electron chi connectivity index (χ3n) is 3.26. The fourth-order valence-corrected chi connectivity index (χ4v) is 2.17. The van der Waals surface area contributed by atoms with Crippen LogP contribution in [0.2, 0.25) is 5.02 Å². The number of carbonyl (C=O) groups excluding carboxylic acids is 1. The Hall–Kier alpha value is -1.32. The van der Waals surface area contributed by atoms with Crippen LogP contribution in [0.5, 0.6) is 0 Å². The van der Waals surface area contributed by atoms with Crippen LogP contribution < -0.4 is 5.32 Å². The van der Waals surface area contributed by atoms with Crippen molar-refractivity contribution in [3.8, 4) is 0 Å². The van der Waals surface area contributed by atoms with Gasteiger partial charge >= 0.3 is 0 Å². The number of likely N-dealkylation sites (N-methyl/N-ethyl adjacent to an activating group) is 1. The third-order valence-corrected chi connectivity index (χ3v) is 3.50. The van der Waals surface area contributed by atoms with Crippen molar-refractivity contribution >= 4 is 23.2 Å².